The van der Waals surface area contributed by atoms with Gasteiger partial charge in [-0.15, -0.1) is 11.3 Å². The molecule has 212 valence electrons. The standard InChI is InChI=1S/C30H32F3N3O2S2/c1-29(2,3)38-25(37)17-20-10-5-8-19(9-6-11-20)16-24-36-26(21-12-7-13-22(18-21)30(31,32)33)27(40-24)23-14-15-34-28(35-23)39-4/h7-8,11-15,18H,5-6,9-10,16-17H2,1-4H3. The van der Waals surface area contributed by atoms with Crippen LogP contribution in [-0.4, -0.2) is 32.8 Å². The Balaban J connectivity index is 1.57. The number of halogens is 3. The van der Waals surface area contributed by atoms with E-state index < -0.39 is 17.3 Å². The molecular weight excluding hydrogens is 555 g/mol. The Hall–Kier alpha value is -2.98. The molecule has 5 nitrogen and oxygen atoms in total. The summed E-state index contributed by atoms with van der Waals surface area (Å²) in [6, 6.07) is 7.04. The molecule has 0 spiro atoms. The van der Waals surface area contributed by atoms with E-state index in [9.17, 15) is 18.0 Å². The Bertz CT molecular complexity index is 1420. The van der Waals surface area contributed by atoms with Crippen molar-refractivity contribution >= 4 is 29.1 Å². The number of nitrogens with zero attached hydrogens (tertiary/aromatic N) is 3. The third-order valence-corrected chi connectivity index (χ3v) is 7.79. The van der Waals surface area contributed by atoms with Gasteiger partial charge in [0.25, 0.3) is 0 Å². The molecule has 0 atom stereocenters. The van der Waals surface area contributed by atoms with Crippen molar-refractivity contribution in [3.05, 3.63) is 70.4 Å². The lowest BCUT2D eigenvalue weighted by molar-refractivity contribution is -0.154. The maximum absolute atomic E-state index is 13.5. The minimum atomic E-state index is -4.45. The van der Waals surface area contributed by atoms with Crippen LogP contribution in [0.3, 0.4) is 0 Å². The number of hydrogen-bond donors (Lipinski definition) is 0. The molecular formula is C30H32F3N3O2S2. The van der Waals surface area contributed by atoms with E-state index in [-0.39, 0.29) is 5.97 Å². The third-order valence-electron chi connectivity index (χ3n) is 6.15. The Morgan fingerprint density at radius 3 is 2.48 bits per heavy atom. The Morgan fingerprint density at radius 2 is 1.77 bits per heavy atom. The molecule has 0 saturated carbocycles. The van der Waals surface area contributed by atoms with Crippen LogP contribution in [0.2, 0.25) is 0 Å². The van der Waals surface area contributed by atoms with Crippen molar-refractivity contribution in [3.63, 3.8) is 0 Å². The van der Waals surface area contributed by atoms with Gasteiger partial charge in [0.15, 0.2) is 5.16 Å². The van der Waals surface area contributed by atoms with Gasteiger partial charge >= 0.3 is 12.1 Å². The number of thiazole rings is 1. The summed E-state index contributed by atoms with van der Waals surface area (Å²) in [5, 5.41) is 1.40. The van der Waals surface area contributed by atoms with Crippen molar-refractivity contribution in [2.24, 2.45) is 0 Å². The van der Waals surface area contributed by atoms with Crippen LogP contribution in [0, 0.1) is 0 Å². The summed E-state index contributed by atoms with van der Waals surface area (Å²) >= 11 is 2.85. The van der Waals surface area contributed by atoms with E-state index in [1.807, 2.05) is 27.0 Å². The maximum atomic E-state index is 13.5. The summed E-state index contributed by atoms with van der Waals surface area (Å²) in [7, 11) is 0. The third kappa shape index (κ3) is 8.27. The Morgan fingerprint density at radius 1 is 1.05 bits per heavy atom. The summed E-state index contributed by atoms with van der Waals surface area (Å²) in [6.07, 6.45) is 7.50. The van der Waals surface area contributed by atoms with E-state index in [2.05, 4.69) is 22.1 Å². The molecule has 0 saturated heterocycles. The topological polar surface area (TPSA) is 65.0 Å². The van der Waals surface area contributed by atoms with Crippen LogP contribution in [0.15, 0.2) is 65.0 Å². The number of carbonyl (C=O) groups is 1. The highest BCUT2D eigenvalue weighted by Crippen LogP contribution is 2.39. The van der Waals surface area contributed by atoms with Crippen LogP contribution in [-0.2, 0) is 22.1 Å². The van der Waals surface area contributed by atoms with Gasteiger partial charge in [0.05, 0.1) is 33.3 Å². The van der Waals surface area contributed by atoms with Crippen molar-refractivity contribution < 1.29 is 22.7 Å². The summed E-state index contributed by atoms with van der Waals surface area (Å²) in [4.78, 5) is 26.7. The molecule has 0 bridgehead atoms. The number of aromatic nitrogens is 3. The molecule has 3 aromatic rings. The normalized spacial score (nSPS) is 14.7. The molecule has 0 amide bonds. The van der Waals surface area contributed by atoms with Crippen LogP contribution in [0.5, 0.6) is 0 Å². The lowest BCUT2D eigenvalue weighted by atomic mass is 9.96. The highest BCUT2D eigenvalue weighted by Gasteiger charge is 2.31. The van der Waals surface area contributed by atoms with Gasteiger partial charge < -0.3 is 4.74 Å². The number of esters is 1. The van der Waals surface area contributed by atoms with Gasteiger partial charge in [0, 0.05) is 18.2 Å². The molecule has 1 aromatic carbocycles. The van der Waals surface area contributed by atoms with E-state index >= 15 is 0 Å². The highest BCUT2D eigenvalue weighted by molar-refractivity contribution is 7.98. The first kappa shape index (κ1) is 30.0. The van der Waals surface area contributed by atoms with Crippen LogP contribution in [0.25, 0.3) is 21.8 Å². The molecule has 0 aliphatic heterocycles. The molecule has 4 rings (SSSR count). The lowest BCUT2D eigenvalue weighted by Crippen LogP contribution is -2.24. The Kier molecular flexibility index (Phi) is 9.51. The number of carbonyl (C=O) groups excluding carboxylic acids is 1. The minimum Gasteiger partial charge on any atom is -0.460 e. The highest BCUT2D eigenvalue weighted by atomic mass is 32.2. The second-order valence-electron chi connectivity index (χ2n) is 10.5. The zero-order valence-corrected chi connectivity index (χ0v) is 24.6. The van der Waals surface area contributed by atoms with E-state index in [1.54, 1.807) is 18.3 Å². The first-order valence-electron chi connectivity index (χ1n) is 13.0. The van der Waals surface area contributed by atoms with Crippen LogP contribution in [0.1, 0.15) is 63.4 Å². The van der Waals surface area contributed by atoms with Gasteiger partial charge in [0.1, 0.15) is 5.60 Å². The van der Waals surface area contributed by atoms with Gasteiger partial charge in [-0.1, -0.05) is 47.2 Å². The predicted octanol–water partition coefficient (Wildman–Crippen LogP) is 8.71. The van der Waals surface area contributed by atoms with Crippen LogP contribution >= 0.6 is 23.1 Å². The second-order valence-corrected chi connectivity index (χ2v) is 12.4. The summed E-state index contributed by atoms with van der Waals surface area (Å²) in [6.45, 7) is 5.59. The van der Waals surface area contributed by atoms with E-state index in [0.29, 0.717) is 34.9 Å². The molecule has 0 radical (unpaired) electrons. The molecule has 1 aliphatic rings. The van der Waals surface area contributed by atoms with E-state index in [4.69, 9.17) is 9.72 Å². The number of ether oxygens (including phenoxy) is 1. The van der Waals surface area contributed by atoms with Crippen molar-refractivity contribution in [2.45, 2.75) is 76.2 Å². The van der Waals surface area contributed by atoms with Crippen molar-refractivity contribution in [3.8, 4) is 21.8 Å². The molecule has 2 aromatic heterocycles. The zero-order chi connectivity index (χ0) is 28.9. The molecule has 0 fully saturated rings. The molecule has 10 heteroatoms. The molecule has 0 unspecified atom stereocenters. The zero-order valence-electron chi connectivity index (χ0n) is 23.0. The van der Waals surface area contributed by atoms with Gasteiger partial charge in [-0.2, -0.15) is 13.2 Å². The Labute approximate surface area is 241 Å². The summed E-state index contributed by atoms with van der Waals surface area (Å²) in [5.41, 5.74) is 2.61. The molecule has 40 heavy (non-hydrogen) atoms. The lowest BCUT2D eigenvalue weighted by Gasteiger charge is -2.20. The van der Waals surface area contributed by atoms with Crippen molar-refractivity contribution in [1.82, 2.24) is 15.0 Å². The smallest absolute Gasteiger partial charge is 0.416 e. The average Bonchev–Trinajstić information content (AvgIpc) is 3.29. The van der Waals surface area contributed by atoms with Gasteiger partial charge in [0.2, 0.25) is 0 Å². The maximum Gasteiger partial charge on any atom is 0.416 e. The van der Waals surface area contributed by atoms with Crippen LogP contribution in [0.4, 0.5) is 13.2 Å². The van der Waals surface area contributed by atoms with Crippen molar-refractivity contribution in [2.75, 3.05) is 6.26 Å². The number of allylic oxidation sites excluding steroid dienone is 3. The monoisotopic (exact) mass is 587 g/mol. The molecule has 1 aliphatic carbocycles. The molecule has 0 N–H and O–H groups in total. The number of rotatable bonds is 7. The minimum absolute atomic E-state index is 0.213. The SMILES string of the molecule is CSc1nccc(-c2sc(CC3=CCCC(CC(=O)OC(C)(C)C)=CCC3)nc2-c2cccc(C(F)(F)F)c2)n1. The largest absolute Gasteiger partial charge is 0.460 e. The van der Waals surface area contributed by atoms with Gasteiger partial charge in [-0.05, 0) is 70.9 Å². The van der Waals surface area contributed by atoms with Gasteiger partial charge in [-0.3, -0.25) is 4.79 Å². The number of thioether (sulfide) groups is 1. The fraction of sp³-hybridized carbons (Fsp3) is 0.400. The second kappa shape index (κ2) is 12.7. The average molecular weight is 588 g/mol. The van der Waals surface area contributed by atoms with Gasteiger partial charge in [-0.25, -0.2) is 15.0 Å². The predicted molar refractivity (Wildman–Crippen MR) is 154 cm³/mol. The number of hydrogen-bond acceptors (Lipinski definition) is 7. The summed E-state index contributed by atoms with van der Waals surface area (Å²) in [5.74, 6) is -0.213. The van der Waals surface area contributed by atoms with Crippen molar-refractivity contribution in [1.29, 1.82) is 0 Å². The fourth-order valence-corrected chi connectivity index (χ4v) is 5.89. The number of benzene rings is 1. The first-order chi connectivity index (χ1) is 18.9. The van der Waals surface area contributed by atoms with E-state index in [0.717, 1.165) is 53.3 Å². The van der Waals surface area contributed by atoms with Crippen LogP contribution < -0.4 is 0 Å². The summed E-state index contributed by atoms with van der Waals surface area (Å²) < 4.78 is 45.9. The fourth-order valence-electron chi connectivity index (χ4n) is 4.42. The number of alkyl halides is 3. The first-order valence-corrected chi connectivity index (χ1v) is 15.1. The molecule has 2 heterocycles. The van der Waals surface area contributed by atoms with E-state index in [1.165, 1.54) is 34.7 Å². The quantitative estimate of drug-likeness (QED) is 0.119.